The standard InChI is InChI=1S/C77H96Br2FN13O18/c1-6-77(104)53-37-62-68-51(40-93(62)74(101)52(53)43-110-75(77)102)66-55(19-14-47-34-49(80)36-59(86-68)65(47)66)87-72(99)63-41-92(24-27-109-63)76(103)111-42-46-12-16-50(17-13-46)83-71(98)57(11-9-21-81-44-94)89-73(100)67(45(2)3)90-64(95)20-25-105-28-30-107-32-33-108-31-29-106-26-22-82-70(97)56(10-7-8-23-91(4)5)88-69(96)48-15-18-54-58(35-48)85-61(39-79)60(38-78)84-54/h12-13,15-18,34-37,44-45,55-57,63,67,104H,6-11,14,19-33,38-43H2,1-5H3,(H,81,94)(H,82,97)(H,83,98)(H,87,99)(H,88,96)(H,89,100)(H,90,95)/t55-,56+,57+,63?,67+,77-/m1/s1. The van der Waals surface area contributed by atoms with Gasteiger partial charge in [0.05, 0.1) is 123 Å². The summed E-state index contributed by atoms with van der Waals surface area (Å²) in [5.74, 6) is -4.59. The maximum Gasteiger partial charge on any atom is 0.410 e. The molecule has 8 N–H and O–H groups in total. The summed E-state index contributed by atoms with van der Waals surface area (Å²) in [5, 5.41) is 33.0. The van der Waals surface area contributed by atoms with Gasteiger partial charge in [0.25, 0.3) is 17.4 Å². The molecule has 3 aromatic carbocycles. The summed E-state index contributed by atoms with van der Waals surface area (Å²) < 4.78 is 56.0. The molecular formula is C77H96Br2FN13O18. The van der Waals surface area contributed by atoms with E-state index in [1.165, 1.54) is 21.6 Å². The molecule has 598 valence electrons. The minimum Gasteiger partial charge on any atom is -0.458 e. The molecule has 1 aliphatic carbocycles. The highest BCUT2D eigenvalue weighted by atomic mass is 79.9. The maximum atomic E-state index is 15.2. The maximum absolute atomic E-state index is 15.2. The van der Waals surface area contributed by atoms with Gasteiger partial charge in [-0.3, -0.25) is 38.4 Å². The Labute approximate surface area is 657 Å². The van der Waals surface area contributed by atoms with Crippen molar-refractivity contribution >= 4 is 113 Å². The van der Waals surface area contributed by atoms with Crippen molar-refractivity contribution in [2.45, 2.75) is 145 Å². The van der Waals surface area contributed by atoms with Crippen molar-refractivity contribution in [1.29, 1.82) is 0 Å². The molecule has 0 bridgehead atoms. The number of pyridine rings is 2. The van der Waals surface area contributed by atoms with E-state index in [-0.39, 0.29) is 154 Å². The Morgan fingerprint density at radius 2 is 1.48 bits per heavy atom. The number of hydrogen-bond donors (Lipinski definition) is 8. The number of hydrogen-bond acceptors (Lipinski definition) is 22. The summed E-state index contributed by atoms with van der Waals surface area (Å²) in [5.41, 5.74) is 4.78. The average Bonchev–Trinajstić information content (AvgIpc) is 1.59. The fourth-order valence-corrected chi connectivity index (χ4v) is 14.6. The van der Waals surface area contributed by atoms with E-state index in [9.17, 15) is 53.1 Å². The number of cyclic esters (lactones) is 1. The zero-order chi connectivity index (χ0) is 79.3. The molecule has 6 atom stereocenters. The average molecular weight is 1670 g/mol. The minimum atomic E-state index is -2.06. The van der Waals surface area contributed by atoms with Gasteiger partial charge in [0.1, 0.15) is 37.2 Å². The highest BCUT2D eigenvalue weighted by Crippen LogP contribution is 2.45. The van der Waals surface area contributed by atoms with Gasteiger partial charge in [-0.2, -0.15) is 0 Å². The SMILES string of the molecule is CC[C@]1(O)C(=O)OCc2c1cc1n(c2=O)Cc2c-1nc1cc(F)cc3c1c2[C@H](NC(=O)C1CN(C(=O)OCc2ccc(NC(=O)[C@H](CCCNC=O)NC(=O)[C@@H](NC(=O)CCOCCOCCOCCOCCNC(=O)[C@H](CCCCN(C)C)NC(=O)c4ccc5nc(CBr)c(CBr)nc5c4)C(C)C)cc2)CCO1)CC3. The number of unbranched alkanes of at least 4 members (excludes halogenated alkanes) is 1. The van der Waals surface area contributed by atoms with E-state index < -0.39 is 82.9 Å². The first kappa shape index (κ1) is 84.4. The summed E-state index contributed by atoms with van der Waals surface area (Å²) in [7, 11) is 3.97. The van der Waals surface area contributed by atoms with E-state index in [0.29, 0.717) is 110 Å². The van der Waals surface area contributed by atoms with Crippen molar-refractivity contribution in [3.8, 4) is 11.4 Å². The number of fused-ring (bicyclic) bond motifs is 6. The van der Waals surface area contributed by atoms with Crippen molar-refractivity contribution in [2.75, 3.05) is 112 Å². The number of aryl methyl sites for hydroxylation is 1. The summed E-state index contributed by atoms with van der Waals surface area (Å²) in [6.45, 7) is 7.77. The van der Waals surface area contributed by atoms with E-state index in [1.54, 1.807) is 69.3 Å². The molecule has 4 aliphatic rings. The number of nitrogens with zero attached hydrogens (tertiary/aromatic N) is 6. The predicted molar refractivity (Wildman–Crippen MR) is 412 cm³/mol. The molecular weight excluding hydrogens is 1570 g/mol. The molecule has 6 aromatic rings. The minimum absolute atomic E-state index is 0.0174. The molecule has 3 aliphatic heterocycles. The molecule has 0 radical (unpaired) electrons. The first-order chi connectivity index (χ1) is 53.5. The number of morpholine rings is 1. The molecule has 34 heteroatoms. The lowest BCUT2D eigenvalue weighted by Crippen LogP contribution is -2.54. The van der Waals surface area contributed by atoms with Gasteiger partial charge < -0.3 is 89.8 Å². The quantitative estimate of drug-likeness (QED) is 0.0104. The third kappa shape index (κ3) is 21.8. The van der Waals surface area contributed by atoms with Crippen molar-refractivity contribution in [2.24, 2.45) is 5.92 Å². The van der Waals surface area contributed by atoms with Gasteiger partial charge in [-0.1, -0.05) is 64.8 Å². The number of nitrogens with one attached hydrogen (secondary N) is 7. The number of esters is 1. The Kier molecular flexibility index (Phi) is 30.8. The van der Waals surface area contributed by atoms with Crippen LogP contribution in [0.2, 0.25) is 0 Å². The van der Waals surface area contributed by atoms with Gasteiger partial charge in [0.15, 0.2) is 11.7 Å². The number of alkyl halides is 2. The third-order valence-corrected chi connectivity index (χ3v) is 20.7. The van der Waals surface area contributed by atoms with Crippen molar-refractivity contribution in [1.82, 2.24) is 61.2 Å². The number of aliphatic hydroxyl groups is 1. The molecule has 0 saturated carbocycles. The highest BCUT2D eigenvalue weighted by molar-refractivity contribution is 9.09. The Morgan fingerprint density at radius 1 is 0.784 bits per heavy atom. The van der Waals surface area contributed by atoms with Crippen LogP contribution in [-0.4, -0.2) is 219 Å². The van der Waals surface area contributed by atoms with Crippen LogP contribution in [0, 0.1) is 11.7 Å². The number of halogens is 3. The summed E-state index contributed by atoms with van der Waals surface area (Å²) in [4.78, 5) is 151. The number of rotatable bonds is 41. The zero-order valence-corrected chi connectivity index (χ0v) is 66.0. The van der Waals surface area contributed by atoms with Crippen LogP contribution >= 0.6 is 31.9 Å². The molecule has 111 heavy (non-hydrogen) atoms. The Bertz CT molecular complexity index is 4420. The molecule has 3 aromatic heterocycles. The number of aromatic nitrogens is 4. The summed E-state index contributed by atoms with van der Waals surface area (Å²) in [6.07, 6.45) is 1.83. The largest absolute Gasteiger partial charge is 0.458 e. The van der Waals surface area contributed by atoms with E-state index in [2.05, 4.69) is 83.9 Å². The van der Waals surface area contributed by atoms with Crippen molar-refractivity contribution < 1.29 is 85.8 Å². The van der Waals surface area contributed by atoms with E-state index >= 15 is 4.39 Å². The normalized spacial score (nSPS) is 17.1. The zero-order valence-electron chi connectivity index (χ0n) is 62.8. The molecule has 8 amide bonds. The second-order valence-electron chi connectivity index (χ2n) is 28.0. The Hall–Kier alpha value is -9.00. The van der Waals surface area contributed by atoms with Crippen LogP contribution < -0.4 is 42.8 Å². The van der Waals surface area contributed by atoms with Gasteiger partial charge in [-0.05, 0) is 137 Å². The predicted octanol–water partition coefficient (Wildman–Crippen LogP) is 5.29. The van der Waals surface area contributed by atoms with Gasteiger partial charge in [0, 0.05) is 70.5 Å². The van der Waals surface area contributed by atoms with Gasteiger partial charge >= 0.3 is 12.1 Å². The molecule has 31 nitrogen and oxygen atoms in total. The monoisotopic (exact) mass is 1670 g/mol. The van der Waals surface area contributed by atoms with E-state index in [0.717, 1.165) is 30.8 Å². The Balaban J connectivity index is 0.609. The number of anilines is 1. The van der Waals surface area contributed by atoms with Gasteiger partial charge in [-0.15, -0.1) is 0 Å². The van der Waals surface area contributed by atoms with Crippen LogP contribution in [0.15, 0.2) is 65.5 Å². The fourth-order valence-electron chi connectivity index (χ4n) is 13.7. The highest BCUT2D eigenvalue weighted by Gasteiger charge is 2.46. The second-order valence-corrected chi connectivity index (χ2v) is 29.2. The van der Waals surface area contributed by atoms with Crippen LogP contribution in [-0.2, 0) is 109 Å². The first-order valence-corrected chi connectivity index (χ1v) is 39.5. The van der Waals surface area contributed by atoms with Gasteiger partial charge in [0.2, 0.25) is 30.0 Å². The first-order valence-electron chi connectivity index (χ1n) is 37.3. The molecule has 6 heterocycles. The summed E-state index contributed by atoms with van der Waals surface area (Å²) in [6, 6.07) is 12.4. The number of amides is 8. The fraction of sp³-hybridized carbons (Fsp3) is 0.519. The van der Waals surface area contributed by atoms with Crippen LogP contribution in [0.25, 0.3) is 33.3 Å². The van der Waals surface area contributed by atoms with Gasteiger partial charge in [-0.25, -0.2) is 28.9 Å². The smallest absolute Gasteiger partial charge is 0.410 e. The number of benzene rings is 3. The van der Waals surface area contributed by atoms with Crippen molar-refractivity contribution in [3.05, 3.63) is 127 Å². The third-order valence-electron chi connectivity index (χ3n) is 19.7. The Morgan fingerprint density at radius 3 is 2.17 bits per heavy atom. The molecule has 1 unspecified atom stereocenters. The van der Waals surface area contributed by atoms with Crippen molar-refractivity contribution in [3.63, 3.8) is 0 Å². The van der Waals surface area contributed by atoms with E-state index in [1.807, 2.05) is 14.1 Å². The second kappa shape index (κ2) is 40.5. The lowest BCUT2D eigenvalue weighted by Gasteiger charge is -2.34. The number of carbonyl (C=O) groups excluding carboxylic acids is 9. The van der Waals surface area contributed by atoms with Crippen LogP contribution in [0.4, 0.5) is 14.9 Å². The van der Waals surface area contributed by atoms with E-state index in [4.69, 9.17) is 38.1 Å². The number of carbonyl (C=O) groups is 9. The lowest BCUT2D eigenvalue weighted by atomic mass is 9.83. The molecule has 0 spiro atoms. The van der Waals surface area contributed by atoms with Crippen LogP contribution in [0.3, 0.4) is 0 Å². The van der Waals surface area contributed by atoms with Crippen LogP contribution in [0.5, 0.6) is 0 Å². The topological polar surface area (TPSA) is 390 Å². The molecule has 1 fully saturated rings. The molecule has 10 rings (SSSR count). The lowest BCUT2D eigenvalue weighted by molar-refractivity contribution is -0.172. The number of ether oxygens (including phenoxy) is 7. The van der Waals surface area contributed by atoms with Crippen LogP contribution in [0.1, 0.15) is 133 Å². The molecule has 1 saturated heterocycles. The summed E-state index contributed by atoms with van der Waals surface area (Å²) >= 11 is 6.91.